The lowest BCUT2D eigenvalue weighted by atomic mass is 9.74. The summed E-state index contributed by atoms with van der Waals surface area (Å²) in [6, 6.07) is 1.54. The third-order valence-electron chi connectivity index (χ3n) is 2.75. The Morgan fingerprint density at radius 3 is 2.93 bits per heavy atom. The highest BCUT2D eigenvalue weighted by atomic mass is 16.3. The van der Waals surface area contributed by atoms with E-state index in [4.69, 9.17) is 5.11 Å². The third-order valence-corrected chi connectivity index (χ3v) is 2.75. The lowest BCUT2D eigenvalue weighted by molar-refractivity contribution is 0.263. The van der Waals surface area contributed by atoms with Crippen molar-refractivity contribution < 1.29 is 5.11 Å². The van der Waals surface area contributed by atoms with Crippen LogP contribution in [-0.4, -0.2) is 15.1 Å². The SMILES string of the molecule is CC1CC(c2cc(=O)[nH]c(CO)n2)C1. The molecule has 0 unspecified atom stereocenters. The Morgan fingerprint density at radius 2 is 2.36 bits per heavy atom. The van der Waals surface area contributed by atoms with Crippen molar-refractivity contribution in [1.82, 2.24) is 9.97 Å². The van der Waals surface area contributed by atoms with E-state index < -0.39 is 0 Å². The van der Waals surface area contributed by atoms with Gasteiger partial charge >= 0.3 is 0 Å². The molecule has 0 amide bonds. The van der Waals surface area contributed by atoms with Crippen molar-refractivity contribution in [3.8, 4) is 0 Å². The van der Waals surface area contributed by atoms with Crippen molar-refractivity contribution in [2.75, 3.05) is 0 Å². The van der Waals surface area contributed by atoms with Crippen molar-refractivity contribution in [2.24, 2.45) is 5.92 Å². The molecule has 0 aliphatic heterocycles. The lowest BCUT2D eigenvalue weighted by Crippen LogP contribution is -2.23. The van der Waals surface area contributed by atoms with Gasteiger partial charge in [-0.15, -0.1) is 0 Å². The molecule has 0 radical (unpaired) electrons. The van der Waals surface area contributed by atoms with Crippen molar-refractivity contribution in [3.05, 3.63) is 27.9 Å². The van der Waals surface area contributed by atoms with Crippen molar-refractivity contribution >= 4 is 0 Å². The number of nitrogens with one attached hydrogen (secondary N) is 1. The first kappa shape index (κ1) is 9.40. The number of aliphatic hydroxyl groups excluding tert-OH is 1. The van der Waals surface area contributed by atoms with Crippen LogP contribution in [0.15, 0.2) is 10.9 Å². The average Bonchev–Trinajstić information content (AvgIpc) is 2.12. The molecule has 4 heteroatoms. The van der Waals surface area contributed by atoms with E-state index in [1.165, 1.54) is 6.07 Å². The van der Waals surface area contributed by atoms with Crippen LogP contribution >= 0.6 is 0 Å². The van der Waals surface area contributed by atoms with Crippen LogP contribution in [0.5, 0.6) is 0 Å². The number of hydrogen-bond donors (Lipinski definition) is 2. The fourth-order valence-corrected chi connectivity index (χ4v) is 1.96. The summed E-state index contributed by atoms with van der Waals surface area (Å²) in [5.41, 5.74) is 0.662. The molecule has 0 bridgehead atoms. The normalized spacial score (nSPS) is 25.9. The van der Waals surface area contributed by atoms with Gasteiger partial charge in [0.05, 0.1) is 5.69 Å². The number of nitrogens with zero attached hydrogens (tertiary/aromatic N) is 1. The standard InChI is InChI=1S/C10H14N2O2/c1-6-2-7(3-6)8-4-10(14)12-9(5-13)11-8/h4,6-7,13H,2-3,5H2,1H3,(H,11,12,14). The van der Waals surface area contributed by atoms with Gasteiger partial charge in [-0.1, -0.05) is 6.92 Å². The van der Waals surface area contributed by atoms with E-state index in [0.717, 1.165) is 24.5 Å². The van der Waals surface area contributed by atoms with E-state index >= 15 is 0 Å². The van der Waals surface area contributed by atoms with Gasteiger partial charge in [0.25, 0.3) is 5.56 Å². The maximum atomic E-state index is 11.2. The molecule has 2 rings (SSSR count). The van der Waals surface area contributed by atoms with Crippen LogP contribution in [-0.2, 0) is 6.61 Å². The van der Waals surface area contributed by atoms with E-state index in [0.29, 0.717) is 11.7 Å². The summed E-state index contributed by atoms with van der Waals surface area (Å²) in [5.74, 6) is 1.52. The predicted octanol–water partition coefficient (Wildman–Crippen LogP) is 0.776. The zero-order valence-electron chi connectivity index (χ0n) is 8.16. The molecule has 1 saturated carbocycles. The van der Waals surface area contributed by atoms with Gasteiger partial charge in [-0.25, -0.2) is 4.98 Å². The minimum absolute atomic E-state index is 0.168. The maximum absolute atomic E-state index is 11.2. The van der Waals surface area contributed by atoms with E-state index in [9.17, 15) is 4.79 Å². The zero-order chi connectivity index (χ0) is 10.1. The van der Waals surface area contributed by atoms with Gasteiger partial charge in [0.2, 0.25) is 0 Å². The van der Waals surface area contributed by atoms with Gasteiger partial charge in [0.15, 0.2) is 0 Å². The Labute approximate surface area is 82.0 Å². The second-order valence-electron chi connectivity index (χ2n) is 4.05. The molecular weight excluding hydrogens is 180 g/mol. The van der Waals surface area contributed by atoms with Crippen LogP contribution in [0.25, 0.3) is 0 Å². The number of hydrogen-bond acceptors (Lipinski definition) is 3. The minimum Gasteiger partial charge on any atom is -0.388 e. The van der Waals surface area contributed by atoms with E-state index in [1.807, 2.05) is 0 Å². The molecule has 1 aromatic rings. The smallest absolute Gasteiger partial charge is 0.251 e. The summed E-state index contributed by atoms with van der Waals surface area (Å²) in [7, 11) is 0. The average molecular weight is 194 g/mol. The topological polar surface area (TPSA) is 66.0 Å². The summed E-state index contributed by atoms with van der Waals surface area (Å²) in [4.78, 5) is 17.9. The molecule has 1 heterocycles. The van der Waals surface area contributed by atoms with Crippen LogP contribution in [0, 0.1) is 5.92 Å². The van der Waals surface area contributed by atoms with Crippen LogP contribution in [0.3, 0.4) is 0 Å². The molecule has 1 aliphatic carbocycles. The number of aliphatic hydroxyl groups is 1. The fraction of sp³-hybridized carbons (Fsp3) is 0.600. The fourth-order valence-electron chi connectivity index (χ4n) is 1.96. The highest BCUT2D eigenvalue weighted by Crippen LogP contribution is 2.39. The van der Waals surface area contributed by atoms with E-state index in [-0.39, 0.29) is 12.2 Å². The first-order chi connectivity index (χ1) is 6.69. The molecule has 0 aromatic carbocycles. The molecule has 1 aromatic heterocycles. The van der Waals surface area contributed by atoms with Gasteiger partial charge in [-0.05, 0) is 18.8 Å². The summed E-state index contributed by atoms with van der Waals surface area (Å²) in [6.07, 6.45) is 2.20. The summed E-state index contributed by atoms with van der Waals surface area (Å²) in [5, 5.41) is 8.88. The molecular formula is C10H14N2O2. The van der Waals surface area contributed by atoms with Crippen molar-refractivity contribution in [1.29, 1.82) is 0 Å². The maximum Gasteiger partial charge on any atom is 0.251 e. The van der Waals surface area contributed by atoms with E-state index in [1.54, 1.807) is 0 Å². The first-order valence-corrected chi connectivity index (χ1v) is 4.90. The second kappa shape index (κ2) is 3.53. The molecule has 0 spiro atoms. The summed E-state index contributed by atoms with van der Waals surface area (Å²) >= 11 is 0. The van der Waals surface area contributed by atoms with Crippen molar-refractivity contribution in [3.63, 3.8) is 0 Å². The van der Waals surface area contributed by atoms with Gasteiger partial charge < -0.3 is 10.1 Å². The number of aromatic nitrogens is 2. The second-order valence-corrected chi connectivity index (χ2v) is 4.05. The summed E-state index contributed by atoms with van der Waals surface area (Å²) < 4.78 is 0. The molecule has 0 atom stereocenters. The molecule has 4 nitrogen and oxygen atoms in total. The van der Waals surface area contributed by atoms with Crippen molar-refractivity contribution in [2.45, 2.75) is 32.3 Å². The minimum atomic E-state index is -0.203. The van der Waals surface area contributed by atoms with Gasteiger partial charge in [-0.3, -0.25) is 4.79 Å². The Balaban J connectivity index is 2.25. The largest absolute Gasteiger partial charge is 0.388 e. The van der Waals surface area contributed by atoms with Crippen LogP contribution in [0.4, 0.5) is 0 Å². The molecule has 14 heavy (non-hydrogen) atoms. The molecule has 1 fully saturated rings. The predicted molar refractivity (Wildman–Crippen MR) is 51.9 cm³/mol. The van der Waals surface area contributed by atoms with Gasteiger partial charge in [0.1, 0.15) is 12.4 Å². The van der Waals surface area contributed by atoms with Crippen LogP contribution < -0.4 is 5.56 Å². The van der Waals surface area contributed by atoms with Crippen LogP contribution in [0.1, 0.15) is 37.2 Å². The Hall–Kier alpha value is -1.16. The first-order valence-electron chi connectivity index (χ1n) is 4.90. The summed E-state index contributed by atoms with van der Waals surface area (Å²) in [6.45, 7) is 1.99. The Bertz CT molecular complexity index is 380. The number of H-pyrrole nitrogens is 1. The number of rotatable bonds is 2. The highest BCUT2D eigenvalue weighted by Gasteiger charge is 2.28. The Kier molecular flexibility index (Phi) is 2.37. The molecule has 76 valence electrons. The molecule has 1 aliphatic rings. The number of aromatic amines is 1. The molecule has 2 N–H and O–H groups in total. The Morgan fingerprint density at radius 1 is 1.64 bits per heavy atom. The lowest BCUT2D eigenvalue weighted by Gasteiger charge is -2.32. The van der Waals surface area contributed by atoms with E-state index in [2.05, 4.69) is 16.9 Å². The van der Waals surface area contributed by atoms with Crippen LogP contribution in [0.2, 0.25) is 0 Å². The monoisotopic (exact) mass is 194 g/mol. The highest BCUT2D eigenvalue weighted by molar-refractivity contribution is 5.12. The zero-order valence-corrected chi connectivity index (χ0v) is 8.16. The van der Waals surface area contributed by atoms with Gasteiger partial charge in [0, 0.05) is 12.0 Å². The quantitative estimate of drug-likeness (QED) is 0.731. The third kappa shape index (κ3) is 1.70. The van der Waals surface area contributed by atoms with Gasteiger partial charge in [-0.2, -0.15) is 0 Å². The molecule has 0 saturated heterocycles.